The third-order valence-electron chi connectivity index (χ3n) is 5.44. The van der Waals surface area contributed by atoms with Gasteiger partial charge in [-0.2, -0.15) is 0 Å². The van der Waals surface area contributed by atoms with E-state index in [2.05, 4.69) is 33.3 Å². The Kier molecular flexibility index (Phi) is 6.03. The highest BCUT2D eigenvalue weighted by Crippen LogP contribution is 2.32. The average molecular weight is 400 g/mol. The number of ether oxygens (including phenoxy) is 1. The van der Waals surface area contributed by atoms with Crippen LogP contribution in [0.5, 0.6) is 5.75 Å². The Hall–Kier alpha value is -2.24. The minimum atomic E-state index is 0.0714. The van der Waals surface area contributed by atoms with Crippen molar-refractivity contribution >= 4 is 28.9 Å². The Morgan fingerprint density at radius 3 is 2.57 bits per heavy atom. The molecule has 0 saturated carbocycles. The molecule has 6 heteroatoms. The summed E-state index contributed by atoms with van der Waals surface area (Å²) in [6.45, 7) is 5.85. The smallest absolute Gasteiger partial charge is 0.224 e. The number of piperazine rings is 1. The number of hydrogen-bond acceptors (Lipinski definition) is 4. The van der Waals surface area contributed by atoms with Gasteiger partial charge in [-0.05, 0) is 48.7 Å². The van der Waals surface area contributed by atoms with Gasteiger partial charge in [-0.3, -0.25) is 9.69 Å². The van der Waals surface area contributed by atoms with Crippen LogP contribution in [-0.2, 0) is 11.2 Å². The first-order valence-corrected chi connectivity index (χ1v) is 10.3. The molecule has 2 aliphatic rings. The monoisotopic (exact) mass is 399 g/mol. The maximum Gasteiger partial charge on any atom is 0.224 e. The lowest BCUT2D eigenvalue weighted by Crippen LogP contribution is -2.46. The highest BCUT2D eigenvalue weighted by molar-refractivity contribution is 6.30. The SMILES string of the molecule is O=C1CCc2cccc(OCCCN3CCN(c4ccc(Cl)cc4)CC3)c2N1. The van der Waals surface area contributed by atoms with Crippen LogP contribution in [0.1, 0.15) is 18.4 Å². The van der Waals surface area contributed by atoms with Gasteiger partial charge in [0.1, 0.15) is 5.75 Å². The van der Waals surface area contributed by atoms with Crippen LogP contribution in [0.3, 0.4) is 0 Å². The summed E-state index contributed by atoms with van der Waals surface area (Å²) in [4.78, 5) is 16.6. The first-order chi connectivity index (χ1) is 13.7. The molecule has 0 radical (unpaired) electrons. The summed E-state index contributed by atoms with van der Waals surface area (Å²) >= 11 is 5.98. The van der Waals surface area contributed by atoms with Gasteiger partial charge < -0.3 is 15.0 Å². The maximum atomic E-state index is 11.7. The molecule has 0 aliphatic carbocycles. The van der Waals surface area contributed by atoms with Gasteiger partial charge in [-0.1, -0.05) is 23.7 Å². The van der Waals surface area contributed by atoms with Gasteiger partial charge >= 0.3 is 0 Å². The molecule has 4 rings (SSSR count). The zero-order valence-corrected chi connectivity index (χ0v) is 16.8. The Bertz CT molecular complexity index is 817. The Labute approximate surface area is 171 Å². The van der Waals surface area contributed by atoms with Gasteiger partial charge in [-0.15, -0.1) is 0 Å². The molecule has 0 bridgehead atoms. The normalized spacial score (nSPS) is 17.2. The number of carbonyl (C=O) groups excluding carboxylic acids is 1. The molecule has 1 amide bonds. The second-order valence-electron chi connectivity index (χ2n) is 7.35. The molecule has 0 atom stereocenters. The Morgan fingerprint density at radius 1 is 1.00 bits per heavy atom. The number of nitrogens with zero attached hydrogens (tertiary/aromatic N) is 2. The number of rotatable bonds is 6. The lowest BCUT2D eigenvalue weighted by atomic mass is 10.0. The van der Waals surface area contributed by atoms with Gasteiger partial charge in [0.15, 0.2) is 0 Å². The number of fused-ring (bicyclic) bond motifs is 1. The lowest BCUT2D eigenvalue weighted by Gasteiger charge is -2.36. The average Bonchev–Trinajstić information content (AvgIpc) is 2.72. The molecule has 0 aromatic heterocycles. The molecule has 0 unspecified atom stereocenters. The number of hydrogen-bond donors (Lipinski definition) is 1. The van der Waals surface area contributed by atoms with Crippen molar-refractivity contribution in [2.45, 2.75) is 19.3 Å². The number of aryl methyl sites for hydroxylation is 1. The fourth-order valence-corrected chi connectivity index (χ4v) is 3.98. The number of halogens is 1. The number of benzene rings is 2. The van der Waals surface area contributed by atoms with Gasteiger partial charge in [-0.25, -0.2) is 0 Å². The van der Waals surface area contributed by atoms with E-state index in [0.29, 0.717) is 13.0 Å². The van der Waals surface area contributed by atoms with E-state index < -0.39 is 0 Å². The molecule has 2 aromatic rings. The van der Waals surface area contributed by atoms with Crippen LogP contribution >= 0.6 is 11.6 Å². The van der Waals surface area contributed by atoms with Crippen LogP contribution in [0.15, 0.2) is 42.5 Å². The summed E-state index contributed by atoms with van der Waals surface area (Å²) in [7, 11) is 0. The van der Waals surface area contributed by atoms with Crippen molar-refractivity contribution in [1.29, 1.82) is 0 Å². The van der Waals surface area contributed by atoms with Crippen molar-refractivity contribution in [3.63, 3.8) is 0 Å². The van der Waals surface area contributed by atoms with E-state index in [0.717, 1.165) is 67.6 Å². The molecule has 2 aliphatic heterocycles. The molecular weight excluding hydrogens is 374 g/mol. The van der Waals surface area contributed by atoms with E-state index in [1.54, 1.807) is 0 Å². The first kappa shape index (κ1) is 19.1. The second kappa shape index (κ2) is 8.84. The number of amides is 1. The van der Waals surface area contributed by atoms with Crippen molar-refractivity contribution in [1.82, 2.24) is 4.90 Å². The summed E-state index contributed by atoms with van der Waals surface area (Å²) < 4.78 is 5.98. The number of nitrogens with one attached hydrogen (secondary N) is 1. The molecular formula is C22H26ClN3O2. The van der Waals surface area contributed by atoms with Gasteiger partial charge in [0.05, 0.1) is 12.3 Å². The van der Waals surface area contributed by atoms with Crippen molar-refractivity contribution in [3.8, 4) is 5.75 Å². The molecule has 28 heavy (non-hydrogen) atoms. The lowest BCUT2D eigenvalue weighted by molar-refractivity contribution is -0.116. The van der Waals surface area contributed by atoms with Crippen LogP contribution in [0.25, 0.3) is 0 Å². The summed E-state index contributed by atoms with van der Waals surface area (Å²) in [6.07, 6.45) is 2.31. The molecule has 148 valence electrons. The van der Waals surface area contributed by atoms with E-state index in [9.17, 15) is 4.79 Å². The summed E-state index contributed by atoms with van der Waals surface area (Å²) in [5, 5.41) is 3.73. The van der Waals surface area contributed by atoms with Crippen LogP contribution in [0.2, 0.25) is 5.02 Å². The minimum absolute atomic E-state index is 0.0714. The molecule has 0 spiro atoms. The van der Waals surface area contributed by atoms with Crippen LogP contribution < -0.4 is 15.0 Å². The molecule has 1 saturated heterocycles. The number of carbonyl (C=O) groups is 1. The fourth-order valence-electron chi connectivity index (χ4n) is 3.85. The standard InChI is InChI=1S/C22H26ClN3O2/c23-18-6-8-19(9-7-18)26-14-12-25(13-15-26)11-2-16-28-20-4-1-3-17-5-10-21(27)24-22(17)20/h1,3-4,6-9H,2,5,10-16H2,(H,24,27). The first-order valence-electron chi connectivity index (χ1n) is 9.96. The van der Waals surface area contributed by atoms with E-state index in [4.69, 9.17) is 16.3 Å². The summed E-state index contributed by atoms with van der Waals surface area (Å²) in [5.41, 5.74) is 3.26. The van der Waals surface area contributed by atoms with Crippen LogP contribution in [0.4, 0.5) is 11.4 Å². The fraction of sp³-hybridized carbons (Fsp3) is 0.409. The third kappa shape index (κ3) is 4.59. The second-order valence-corrected chi connectivity index (χ2v) is 7.78. The topological polar surface area (TPSA) is 44.8 Å². The molecule has 1 fully saturated rings. The Morgan fingerprint density at radius 2 is 1.79 bits per heavy atom. The highest BCUT2D eigenvalue weighted by atomic mass is 35.5. The highest BCUT2D eigenvalue weighted by Gasteiger charge is 2.19. The van der Waals surface area contributed by atoms with Gasteiger partial charge in [0.2, 0.25) is 5.91 Å². The maximum absolute atomic E-state index is 11.7. The van der Waals surface area contributed by atoms with Crippen LogP contribution in [0, 0.1) is 0 Å². The third-order valence-corrected chi connectivity index (χ3v) is 5.69. The minimum Gasteiger partial charge on any atom is -0.491 e. The molecule has 2 heterocycles. The van der Waals surface area contributed by atoms with Crippen molar-refractivity contribution in [2.75, 3.05) is 49.5 Å². The molecule has 1 N–H and O–H groups in total. The predicted octanol–water partition coefficient (Wildman–Crippen LogP) is 3.82. The van der Waals surface area contributed by atoms with Crippen LogP contribution in [-0.4, -0.2) is 50.1 Å². The summed E-state index contributed by atoms with van der Waals surface area (Å²) in [6, 6.07) is 14.1. The quantitative estimate of drug-likeness (QED) is 0.750. The van der Waals surface area contributed by atoms with Gasteiger partial charge in [0.25, 0.3) is 0 Å². The zero-order valence-electron chi connectivity index (χ0n) is 16.0. The molecule has 5 nitrogen and oxygen atoms in total. The molecule has 2 aromatic carbocycles. The predicted molar refractivity (Wildman–Crippen MR) is 114 cm³/mol. The number of anilines is 2. The van der Waals surface area contributed by atoms with Crippen molar-refractivity contribution in [3.05, 3.63) is 53.1 Å². The van der Waals surface area contributed by atoms with Crippen molar-refractivity contribution < 1.29 is 9.53 Å². The van der Waals surface area contributed by atoms with Crippen molar-refractivity contribution in [2.24, 2.45) is 0 Å². The van der Waals surface area contributed by atoms with E-state index in [-0.39, 0.29) is 5.91 Å². The Balaban J connectivity index is 1.21. The largest absolute Gasteiger partial charge is 0.491 e. The zero-order chi connectivity index (χ0) is 19.3. The van der Waals surface area contributed by atoms with E-state index in [1.165, 1.54) is 5.69 Å². The van der Waals surface area contributed by atoms with E-state index >= 15 is 0 Å². The number of para-hydroxylation sites is 1. The summed E-state index contributed by atoms with van der Waals surface area (Å²) in [5.74, 6) is 0.861. The van der Waals surface area contributed by atoms with Gasteiger partial charge in [0, 0.05) is 49.9 Å². The van der Waals surface area contributed by atoms with E-state index in [1.807, 2.05) is 24.3 Å².